The largest absolute Gasteiger partial charge is 0.355 e. The van der Waals surface area contributed by atoms with Gasteiger partial charge in [-0.25, -0.2) is 0 Å². The van der Waals surface area contributed by atoms with Crippen LogP contribution in [0.2, 0.25) is 0 Å². The molecule has 0 atom stereocenters. The molecule has 0 aliphatic carbocycles. The summed E-state index contributed by atoms with van der Waals surface area (Å²) in [6.45, 7) is 5.72. The summed E-state index contributed by atoms with van der Waals surface area (Å²) in [7, 11) is 1.59. The normalized spacial score (nSPS) is 10.3. The van der Waals surface area contributed by atoms with Gasteiger partial charge in [-0.05, 0) is 38.0 Å². The zero-order valence-corrected chi connectivity index (χ0v) is 13.4. The van der Waals surface area contributed by atoms with E-state index < -0.39 is 0 Å². The van der Waals surface area contributed by atoms with E-state index >= 15 is 0 Å². The van der Waals surface area contributed by atoms with Crippen molar-refractivity contribution in [3.05, 3.63) is 51.4 Å². The maximum atomic E-state index is 12.4. The van der Waals surface area contributed by atoms with Crippen LogP contribution in [0.5, 0.6) is 0 Å². The van der Waals surface area contributed by atoms with Gasteiger partial charge in [0.1, 0.15) is 5.00 Å². The van der Waals surface area contributed by atoms with E-state index in [2.05, 4.69) is 10.6 Å². The van der Waals surface area contributed by atoms with E-state index in [4.69, 9.17) is 0 Å². The second-order valence-corrected chi connectivity index (χ2v) is 6.06. The summed E-state index contributed by atoms with van der Waals surface area (Å²) in [5.74, 6) is -0.378. The molecule has 1 aromatic heterocycles. The van der Waals surface area contributed by atoms with Gasteiger partial charge in [-0.15, -0.1) is 11.3 Å². The van der Waals surface area contributed by atoms with Crippen molar-refractivity contribution in [2.45, 2.75) is 20.8 Å². The number of anilines is 1. The van der Waals surface area contributed by atoms with Crippen molar-refractivity contribution in [1.82, 2.24) is 5.32 Å². The smallest absolute Gasteiger partial charge is 0.256 e. The average molecular weight is 302 g/mol. The molecule has 2 amide bonds. The topological polar surface area (TPSA) is 58.2 Å². The molecule has 0 unspecified atom stereocenters. The van der Waals surface area contributed by atoms with Crippen LogP contribution in [-0.4, -0.2) is 18.9 Å². The van der Waals surface area contributed by atoms with Crippen molar-refractivity contribution in [1.29, 1.82) is 0 Å². The molecule has 0 radical (unpaired) electrons. The van der Waals surface area contributed by atoms with Crippen LogP contribution in [0, 0.1) is 20.8 Å². The predicted molar refractivity (Wildman–Crippen MR) is 86.3 cm³/mol. The third kappa shape index (κ3) is 2.97. The number of rotatable bonds is 3. The van der Waals surface area contributed by atoms with Crippen LogP contribution in [0.4, 0.5) is 5.00 Å². The highest BCUT2D eigenvalue weighted by molar-refractivity contribution is 7.16. The zero-order valence-electron chi connectivity index (χ0n) is 12.5. The molecule has 1 heterocycles. The Morgan fingerprint density at radius 1 is 1.05 bits per heavy atom. The fraction of sp³-hybridized carbons (Fsp3) is 0.250. The number of hydrogen-bond donors (Lipinski definition) is 2. The second-order valence-electron chi connectivity index (χ2n) is 4.84. The molecule has 4 nitrogen and oxygen atoms in total. The fourth-order valence-electron chi connectivity index (χ4n) is 2.11. The number of nitrogens with one attached hydrogen (secondary N) is 2. The van der Waals surface area contributed by atoms with Crippen molar-refractivity contribution >= 4 is 28.2 Å². The van der Waals surface area contributed by atoms with Gasteiger partial charge in [0, 0.05) is 17.5 Å². The van der Waals surface area contributed by atoms with Crippen molar-refractivity contribution < 1.29 is 9.59 Å². The lowest BCUT2D eigenvalue weighted by Crippen LogP contribution is -2.21. The summed E-state index contributed by atoms with van der Waals surface area (Å²) in [4.78, 5) is 25.4. The molecular weight excluding hydrogens is 284 g/mol. The van der Waals surface area contributed by atoms with E-state index in [1.807, 2.05) is 39.0 Å². The van der Waals surface area contributed by atoms with Crippen LogP contribution in [0.15, 0.2) is 24.3 Å². The summed E-state index contributed by atoms with van der Waals surface area (Å²) in [5, 5.41) is 6.07. The van der Waals surface area contributed by atoms with E-state index in [0.717, 1.165) is 16.0 Å². The average Bonchev–Trinajstić information content (AvgIpc) is 2.73. The summed E-state index contributed by atoms with van der Waals surface area (Å²) >= 11 is 1.42. The van der Waals surface area contributed by atoms with Crippen molar-refractivity contribution in [3.63, 3.8) is 0 Å². The SMILES string of the molecule is CNC(=O)c1c(NC(=O)c2ccccc2C)sc(C)c1C. The van der Waals surface area contributed by atoms with Gasteiger partial charge in [0.2, 0.25) is 0 Å². The van der Waals surface area contributed by atoms with Crippen molar-refractivity contribution in [2.75, 3.05) is 12.4 Å². The lowest BCUT2D eigenvalue weighted by atomic mass is 10.1. The molecule has 0 fully saturated rings. The van der Waals surface area contributed by atoms with Crippen molar-refractivity contribution in [2.24, 2.45) is 0 Å². The molecule has 1 aromatic carbocycles. The Kier molecular flexibility index (Phi) is 4.43. The zero-order chi connectivity index (χ0) is 15.6. The quantitative estimate of drug-likeness (QED) is 0.914. The third-order valence-electron chi connectivity index (χ3n) is 3.46. The lowest BCUT2D eigenvalue weighted by molar-refractivity contribution is 0.0963. The molecule has 0 aliphatic heterocycles. The summed E-state index contributed by atoms with van der Waals surface area (Å²) in [6, 6.07) is 7.38. The van der Waals surface area contributed by atoms with Crippen LogP contribution in [0.25, 0.3) is 0 Å². The van der Waals surface area contributed by atoms with E-state index in [-0.39, 0.29) is 11.8 Å². The molecule has 0 saturated carbocycles. The minimum Gasteiger partial charge on any atom is -0.355 e. The Morgan fingerprint density at radius 2 is 1.71 bits per heavy atom. The Morgan fingerprint density at radius 3 is 2.33 bits per heavy atom. The van der Waals surface area contributed by atoms with Gasteiger partial charge < -0.3 is 10.6 Å². The Hall–Kier alpha value is -2.14. The maximum Gasteiger partial charge on any atom is 0.256 e. The first kappa shape index (κ1) is 15.3. The molecule has 2 N–H and O–H groups in total. The summed E-state index contributed by atoms with van der Waals surface area (Å²) < 4.78 is 0. The summed E-state index contributed by atoms with van der Waals surface area (Å²) in [6.07, 6.45) is 0. The number of aryl methyl sites for hydroxylation is 2. The molecule has 0 aliphatic rings. The van der Waals surface area contributed by atoms with Gasteiger partial charge in [-0.3, -0.25) is 9.59 Å². The van der Waals surface area contributed by atoms with Gasteiger partial charge >= 0.3 is 0 Å². The molecule has 5 heteroatoms. The Labute approximate surface area is 128 Å². The van der Waals surface area contributed by atoms with Gasteiger partial charge in [-0.1, -0.05) is 18.2 Å². The van der Waals surface area contributed by atoms with Crippen LogP contribution in [0.3, 0.4) is 0 Å². The predicted octanol–water partition coefficient (Wildman–Crippen LogP) is 3.29. The molecular formula is C16H18N2O2S. The molecule has 0 bridgehead atoms. The molecule has 2 aromatic rings. The number of carbonyl (C=O) groups is 2. The number of carbonyl (C=O) groups excluding carboxylic acids is 2. The van der Waals surface area contributed by atoms with E-state index in [1.54, 1.807) is 13.1 Å². The number of hydrogen-bond acceptors (Lipinski definition) is 3. The molecule has 0 spiro atoms. The summed E-state index contributed by atoms with van der Waals surface area (Å²) in [5.41, 5.74) is 2.96. The molecule has 0 saturated heterocycles. The second kappa shape index (κ2) is 6.10. The van der Waals surface area contributed by atoms with Crippen LogP contribution in [0.1, 0.15) is 36.7 Å². The van der Waals surface area contributed by atoms with Gasteiger partial charge in [-0.2, -0.15) is 0 Å². The van der Waals surface area contributed by atoms with E-state index in [1.165, 1.54) is 11.3 Å². The van der Waals surface area contributed by atoms with Crippen LogP contribution >= 0.6 is 11.3 Å². The van der Waals surface area contributed by atoms with Gasteiger partial charge in [0.25, 0.3) is 11.8 Å². The minimum atomic E-state index is -0.195. The van der Waals surface area contributed by atoms with E-state index in [9.17, 15) is 9.59 Å². The minimum absolute atomic E-state index is 0.183. The Bertz CT molecular complexity index is 704. The highest BCUT2D eigenvalue weighted by Gasteiger charge is 2.20. The van der Waals surface area contributed by atoms with Gasteiger partial charge in [0.15, 0.2) is 0 Å². The van der Waals surface area contributed by atoms with Crippen LogP contribution in [-0.2, 0) is 0 Å². The molecule has 110 valence electrons. The van der Waals surface area contributed by atoms with E-state index in [0.29, 0.717) is 16.1 Å². The Balaban J connectivity index is 2.36. The van der Waals surface area contributed by atoms with Gasteiger partial charge in [0.05, 0.1) is 5.56 Å². The maximum absolute atomic E-state index is 12.4. The van der Waals surface area contributed by atoms with Crippen molar-refractivity contribution in [3.8, 4) is 0 Å². The first-order chi connectivity index (χ1) is 9.95. The highest BCUT2D eigenvalue weighted by Crippen LogP contribution is 2.32. The molecule has 21 heavy (non-hydrogen) atoms. The third-order valence-corrected chi connectivity index (χ3v) is 4.58. The highest BCUT2D eigenvalue weighted by atomic mass is 32.1. The van der Waals surface area contributed by atoms with Crippen LogP contribution < -0.4 is 10.6 Å². The lowest BCUT2D eigenvalue weighted by Gasteiger charge is -2.08. The number of amides is 2. The number of thiophene rings is 1. The number of benzene rings is 1. The first-order valence-electron chi connectivity index (χ1n) is 6.64. The molecule has 2 rings (SSSR count). The fourth-order valence-corrected chi connectivity index (χ4v) is 3.16. The standard InChI is InChI=1S/C16H18N2O2S/c1-9-7-5-6-8-12(9)14(19)18-16-13(15(20)17-4)10(2)11(3)21-16/h5-8H,1-4H3,(H,17,20)(H,18,19). The monoisotopic (exact) mass is 302 g/mol. The first-order valence-corrected chi connectivity index (χ1v) is 7.46.